The highest BCUT2D eigenvalue weighted by Gasteiger charge is 2.19. The quantitative estimate of drug-likeness (QED) is 0.659. The second-order valence-corrected chi connectivity index (χ2v) is 4.48. The van der Waals surface area contributed by atoms with Gasteiger partial charge in [-0.05, 0) is 38.5 Å². The number of urea groups is 1. The Morgan fingerprint density at radius 3 is 2.67 bits per heavy atom. The van der Waals surface area contributed by atoms with E-state index < -0.39 is 0 Å². The van der Waals surface area contributed by atoms with Gasteiger partial charge >= 0.3 is 6.03 Å². The third-order valence-corrected chi connectivity index (χ3v) is 3.24. The molecule has 84 valence electrons. The Kier molecular flexibility index (Phi) is 3.64. The molecule has 2 amide bonds. The first-order valence-corrected chi connectivity index (χ1v) is 6.07. The third-order valence-electron chi connectivity index (χ3n) is 3.24. The number of hydrogen-bond acceptors (Lipinski definition) is 1. The van der Waals surface area contributed by atoms with Crippen molar-refractivity contribution in [2.75, 3.05) is 13.1 Å². The molecule has 2 rings (SSSR count). The van der Waals surface area contributed by atoms with Crippen molar-refractivity contribution >= 4 is 6.03 Å². The van der Waals surface area contributed by atoms with Crippen molar-refractivity contribution in [3.05, 3.63) is 12.2 Å². The second-order valence-electron chi connectivity index (χ2n) is 4.48. The van der Waals surface area contributed by atoms with Crippen LogP contribution < -0.4 is 5.32 Å². The van der Waals surface area contributed by atoms with Crippen molar-refractivity contribution in [1.29, 1.82) is 0 Å². The Morgan fingerprint density at radius 2 is 2.00 bits per heavy atom. The number of amides is 2. The van der Waals surface area contributed by atoms with Crippen LogP contribution in [0.15, 0.2) is 12.2 Å². The highest BCUT2D eigenvalue weighted by Crippen LogP contribution is 2.13. The molecule has 0 saturated carbocycles. The van der Waals surface area contributed by atoms with Crippen LogP contribution in [0.1, 0.15) is 38.5 Å². The summed E-state index contributed by atoms with van der Waals surface area (Å²) in [7, 11) is 0. The van der Waals surface area contributed by atoms with Crippen LogP contribution in [0.25, 0.3) is 0 Å². The average Bonchev–Trinajstić information content (AvgIpc) is 2.31. The number of piperidine rings is 1. The molecule has 0 aromatic carbocycles. The summed E-state index contributed by atoms with van der Waals surface area (Å²) in [6.07, 6.45) is 11.2. The SMILES string of the molecule is O=C(NC1CC=CCC1)N1CCCCC1. The molecule has 2 aliphatic rings. The molecule has 1 N–H and O–H groups in total. The molecule has 0 aromatic rings. The first-order valence-electron chi connectivity index (χ1n) is 6.07. The van der Waals surface area contributed by atoms with E-state index in [1.807, 2.05) is 4.90 Å². The van der Waals surface area contributed by atoms with E-state index in [4.69, 9.17) is 0 Å². The Labute approximate surface area is 91.5 Å². The summed E-state index contributed by atoms with van der Waals surface area (Å²) in [6.45, 7) is 1.88. The maximum atomic E-state index is 11.9. The molecule has 1 saturated heterocycles. The van der Waals surface area contributed by atoms with Crippen molar-refractivity contribution in [3.63, 3.8) is 0 Å². The highest BCUT2D eigenvalue weighted by molar-refractivity contribution is 5.74. The van der Waals surface area contributed by atoms with E-state index in [0.29, 0.717) is 6.04 Å². The van der Waals surface area contributed by atoms with E-state index in [1.54, 1.807) is 0 Å². The van der Waals surface area contributed by atoms with Crippen molar-refractivity contribution in [2.24, 2.45) is 0 Å². The number of carbonyl (C=O) groups is 1. The van der Waals surface area contributed by atoms with Crippen LogP contribution in [0.2, 0.25) is 0 Å². The fourth-order valence-corrected chi connectivity index (χ4v) is 2.29. The van der Waals surface area contributed by atoms with E-state index in [-0.39, 0.29) is 6.03 Å². The fourth-order valence-electron chi connectivity index (χ4n) is 2.29. The van der Waals surface area contributed by atoms with Crippen LogP contribution in [-0.2, 0) is 0 Å². The molecule has 0 aromatic heterocycles. The van der Waals surface area contributed by atoms with Gasteiger partial charge < -0.3 is 10.2 Å². The molecule has 1 heterocycles. The van der Waals surface area contributed by atoms with Gasteiger partial charge in [0.15, 0.2) is 0 Å². The normalized spacial score (nSPS) is 26.4. The molecule has 0 spiro atoms. The first-order chi connectivity index (χ1) is 7.36. The van der Waals surface area contributed by atoms with Gasteiger partial charge in [-0.2, -0.15) is 0 Å². The van der Waals surface area contributed by atoms with Crippen LogP contribution in [0, 0.1) is 0 Å². The largest absolute Gasteiger partial charge is 0.335 e. The monoisotopic (exact) mass is 208 g/mol. The molecule has 0 bridgehead atoms. The molecule has 1 unspecified atom stereocenters. The smallest absolute Gasteiger partial charge is 0.317 e. The molecular weight excluding hydrogens is 188 g/mol. The Hall–Kier alpha value is -0.990. The van der Waals surface area contributed by atoms with Gasteiger partial charge in [-0.25, -0.2) is 4.79 Å². The van der Waals surface area contributed by atoms with Crippen LogP contribution in [0.4, 0.5) is 4.79 Å². The van der Waals surface area contributed by atoms with Gasteiger partial charge in [-0.3, -0.25) is 0 Å². The molecule has 1 aliphatic heterocycles. The van der Waals surface area contributed by atoms with E-state index >= 15 is 0 Å². The summed E-state index contributed by atoms with van der Waals surface area (Å²) in [5.74, 6) is 0. The maximum Gasteiger partial charge on any atom is 0.317 e. The van der Waals surface area contributed by atoms with E-state index in [1.165, 1.54) is 6.42 Å². The number of likely N-dealkylation sites (tertiary alicyclic amines) is 1. The Morgan fingerprint density at radius 1 is 1.20 bits per heavy atom. The van der Waals surface area contributed by atoms with Gasteiger partial charge in [0.2, 0.25) is 0 Å². The summed E-state index contributed by atoms with van der Waals surface area (Å²) in [5.41, 5.74) is 0. The predicted octanol–water partition coefficient (Wildman–Crippen LogP) is 2.29. The predicted molar refractivity (Wildman–Crippen MR) is 60.7 cm³/mol. The lowest BCUT2D eigenvalue weighted by Crippen LogP contribution is -2.46. The maximum absolute atomic E-state index is 11.9. The van der Waals surface area contributed by atoms with Crippen molar-refractivity contribution < 1.29 is 4.79 Å². The van der Waals surface area contributed by atoms with Gasteiger partial charge in [0.1, 0.15) is 0 Å². The van der Waals surface area contributed by atoms with Crippen LogP contribution in [0.5, 0.6) is 0 Å². The standard InChI is InChI=1S/C12H20N2O/c15-12(14-9-5-2-6-10-14)13-11-7-3-1-4-8-11/h1,3,11H,2,4-10H2,(H,13,15). The van der Waals surface area contributed by atoms with Crippen LogP contribution in [-0.4, -0.2) is 30.1 Å². The molecule has 1 aliphatic carbocycles. The Bertz CT molecular complexity index is 244. The number of nitrogens with one attached hydrogen (secondary N) is 1. The lowest BCUT2D eigenvalue weighted by atomic mass is 10.0. The average molecular weight is 208 g/mol. The van der Waals surface area contributed by atoms with Crippen LogP contribution in [0.3, 0.4) is 0 Å². The van der Waals surface area contributed by atoms with E-state index in [2.05, 4.69) is 17.5 Å². The summed E-state index contributed by atoms with van der Waals surface area (Å²) < 4.78 is 0. The second kappa shape index (κ2) is 5.19. The van der Waals surface area contributed by atoms with Gasteiger partial charge in [-0.15, -0.1) is 0 Å². The number of allylic oxidation sites excluding steroid dienone is 1. The summed E-state index contributed by atoms with van der Waals surface area (Å²) in [5, 5.41) is 3.12. The molecular formula is C12H20N2O. The zero-order chi connectivity index (χ0) is 10.5. The zero-order valence-electron chi connectivity index (χ0n) is 9.24. The topological polar surface area (TPSA) is 32.3 Å². The molecule has 1 atom stereocenters. The minimum absolute atomic E-state index is 0.148. The fraction of sp³-hybridized carbons (Fsp3) is 0.750. The molecule has 1 fully saturated rings. The number of rotatable bonds is 1. The third kappa shape index (κ3) is 2.98. The molecule has 15 heavy (non-hydrogen) atoms. The number of carbonyl (C=O) groups excluding carboxylic acids is 1. The first kappa shape index (κ1) is 10.5. The van der Waals surface area contributed by atoms with Gasteiger partial charge in [-0.1, -0.05) is 12.2 Å². The van der Waals surface area contributed by atoms with Crippen molar-refractivity contribution in [1.82, 2.24) is 10.2 Å². The van der Waals surface area contributed by atoms with Crippen molar-refractivity contribution in [2.45, 2.75) is 44.6 Å². The summed E-state index contributed by atoms with van der Waals surface area (Å²) >= 11 is 0. The van der Waals surface area contributed by atoms with E-state index in [0.717, 1.165) is 45.2 Å². The lowest BCUT2D eigenvalue weighted by molar-refractivity contribution is 0.181. The molecule has 3 nitrogen and oxygen atoms in total. The number of hydrogen-bond donors (Lipinski definition) is 1. The summed E-state index contributed by atoms with van der Waals surface area (Å²) in [6, 6.07) is 0.513. The van der Waals surface area contributed by atoms with Gasteiger partial charge in [0, 0.05) is 19.1 Å². The van der Waals surface area contributed by atoms with Crippen LogP contribution >= 0.6 is 0 Å². The van der Waals surface area contributed by atoms with Gasteiger partial charge in [0.05, 0.1) is 0 Å². The minimum atomic E-state index is 0.148. The number of nitrogens with zero attached hydrogens (tertiary/aromatic N) is 1. The lowest BCUT2D eigenvalue weighted by Gasteiger charge is -2.29. The van der Waals surface area contributed by atoms with Gasteiger partial charge in [0.25, 0.3) is 0 Å². The summed E-state index contributed by atoms with van der Waals surface area (Å²) in [4.78, 5) is 13.8. The minimum Gasteiger partial charge on any atom is -0.335 e. The Balaban J connectivity index is 1.77. The molecule has 3 heteroatoms. The molecule has 0 radical (unpaired) electrons. The highest BCUT2D eigenvalue weighted by atomic mass is 16.2. The van der Waals surface area contributed by atoms with E-state index in [9.17, 15) is 4.79 Å². The van der Waals surface area contributed by atoms with Crippen molar-refractivity contribution in [3.8, 4) is 0 Å². The zero-order valence-corrected chi connectivity index (χ0v) is 9.24.